The summed E-state index contributed by atoms with van der Waals surface area (Å²) in [5.41, 5.74) is -0.742. The molecular weight excluding hydrogens is 225 g/mol. The zero-order valence-electron chi connectivity index (χ0n) is 9.87. The van der Waals surface area contributed by atoms with Crippen molar-refractivity contribution in [2.24, 2.45) is 0 Å². The van der Waals surface area contributed by atoms with E-state index < -0.39 is 17.3 Å². The van der Waals surface area contributed by atoms with E-state index in [1.165, 1.54) is 38.3 Å². The van der Waals surface area contributed by atoms with E-state index in [2.05, 4.69) is 5.32 Å². The van der Waals surface area contributed by atoms with Crippen LogP contribution in [0.5, 0.6) is 0 Å². The number of ether oxygens (including phenoxy) is 1. The average molecular weight is 241 g/mol. The van der Waals surface area contributed by atoms with Crippen LogP contribution in [0.3, 0.4) is 0 Å². The van der Waals surface area contributed by atoms with Gasteiger partial charge in [-0.25, -0.2) is 9.18 Å². The summed E-state index contributed by atoms with van der Waals surface area (Å²) in [7, 11) is 1.54. The molecule has 4 nitrogen and oxygen atoms in total. The summed E-state index contributed by atoms with van der Waals surface area (Å²) in [5, 5.41) is 12.1. The van der Waals surface area contributed by atoms with Gasteiger partial charge in [-0.05, 0) is 24.6 Å². The molecular formula is C12H16FNO3. The van der Waals surface area contributed by atoms with Crippen LogP contribution in [0.25, 0.3) is 0 Å². The van der Waals surface area contributed by atoms with Gasteiger partial charge in [-0.2, -0.15) is 0 Å². The summed E-state index contributed by atoms with van der Waals surface area (Å²) in [6, 6.07) is 5.41. The number of aliphatic carboxylic acids is 1. The van der Waals surface area contributed by atoms with Crippen LogP contribution in [-0.4, -0.2) is 31.3 Å². The maximum Gasteiger partial charge on any atom is 0.328 e. The fourth-order valence-electron chi connectivity index (χ4n) is 1.49. The minimum absolute atomic E-state index is 0.390. The summed E-state index contributed by atoms with van der Waals surface area (Å²) in [4.78, 5) is 11.3. The molecule has 0 aliphatic carbocycles. The van der Waals surface area contributed by atoms with Crippen molar-refractivity contribution in [2.45, 2.75) is 12.5 Å². The predicted molar refractivity (Wildman–Crippen MR) is 61.3 cm³/mol. The first kappa shape index (κ1) is 13.6. The van der Waals surface area contributed by atoms with E-state index in [9.17, 15) is 14.3 Å². The van der Waals surface area contributed by atoms with E-state index in [1.54, 1.807) is 0 Å². The Balaban J connectivity index is 2.90. The van der Waals surface area contributed by atoms with E-state index in [4.69, 9.17) is 4.74 Å². The highest BCUT2D eigenvalue weighted by Crippen LogP contribution is 2.21. The smallest absolute Gasteiger partial charge is 0.328 e. The molecule has 0 fully saturated rings. The van der Waals surface area contributed by atoms with Crippen molar-refractivity contribution in [2.75, 3.05) is 20.3 Å². The van der Waals surface area contributed by atoms with Gasteiger partial charge in [-0.15, -0.1) is 0 Å². The maximum atomic E-state index is 12.8. The minimum atomic E-state index is -1.24. The molecule has 1 rings (SSSR count). The van der Waals surface area contributed by atoms with Gasteiger partial charge >= 0.3 is 5.97 Å². The minimum Gasteiger partial charge on any atom is -0.480 e. The average Bonchev–Trinajstić information content (AvgIpc) is 2.29. The molecule has 5 heteroatoms. The second kappa shape index (κ2) is 5.75. The molecule has 1 unspecified atom stereocenters. The molecule has 0 heterocycles. The standard InChI is InChI=1S/C12H16FNO3/c1-12(11(15)16,14-7-8-17-2)9-3-5-10(13)6-4-9/h3-6,14H,7-8H2,1-2H3,(H,15,16). The summed E-state index contributed by atoms with van der Waals surface area (Å²) in [5.74, 6) is -1.40. The van der Waals surface area contributed by atoms with Crippen LogP contribution in [0.2, 0.25) is 0 Å². The van der Waals surface area contributed by atoms with E-state index in [1.807, 2.05) is 0 Å². The molecule has 17 heavy (non-hydrogen) atoms. The second-order valence-electron chi connectivity index (χ2n) is 3.86. The quantitative estimate of drug-likeness (QED) is 0.738. The normalized spacial score (nSPS) is 14.3. The third-order valence-corrected chi connectivity index (χ3v) is 2.63. The number of nitrogens with one attached hydrogen (secondary N) is 1. The Bertz CT molecular complexity index is 380. The molecule has 0 aliphatic rings. The van der Waals surface area contributed by atoms with E-state index in [-0.39, 0.29) is 0 Å². The molecule has 0 spiro atoms. The van der Waals surface area contributed by atoms with Crippen molar-refractivity contribution in [1.82, 2.24) is 5.32 Å². The SMILES string of the molecule is COCCNC(C)(C(=O)O)c1ccc(F)cc1. The molecule has 1 atom stereocenters. The maximum absolute atomic E-state index is 12.8. The zero-order valence-corrected chi connectivity index (χ0v) is 9.87. The Labute approximate surface area is 99.4 Å². The van der Waals surface area contributed by atoms with Crippen LogP contribution in [0.1, 0.15) is 12.5 Å². The Kier molecular flexibility index (Phi) is 4.60. The molecule has 1 aromatic rings. The topological polar surface area (TPSA) is 58.6 Å². The first-order valence-electron chi connectivity index (χ1n) is 5.24. The highest BCUT2D eigenvalue weighted by molar-refractivity contribution is 5.80. The van der Waals surface area contributed by atoms with Gasteiger partial charge in [0.05, 0.1) is 6.61 Å². The highest BCUT2D eigenvalue weighted by atomic mass is 19.1. The Morgan fingerprint density at radius 1 is 1.47 bits per heavy atom. The number of rotatable bonds is 6. The number of carboxylic acid groups (broad SMARTS) is 1. The third-order valence-electron chi connectivity index (χ3n) is 2.63. The van der Waals surface area contributed by atoms with Crippen LogP contribution < -0.4 is 5.32 Å². The number of hydrogen-bond donors (Lipinski definition) is 2. The lowest BCUT2D eigenvalue weighted by atomic mass is 9.92. The molecule has 0 aromatic heterocycles. The van der Waals surface area contributed by atoms with Gasteiger partial charge in [-0.3, -0.25) is 5.32 Å². The number of methoxy groups -OCH3 is 1. The highest BCUT2D eigenvalue weighted by Gasteiger charge is 2.34. The van der Waals surface area contributed by atoms with Gasteiger partial charge in [0.25, 0.3) is 0 Å². The van der Waals surface area contributed by atoms with E-state index >= 15 is 0 Å². The molecule has 0 saturated heterocycles. The largest absolute Gasteiger partial charge is 0.480 e. The van der Waals surface area contributed by atoms with Crippen LogP contribution in [-0.2, 0) is 15.1 Å². The van der Waals surface area contributed by atoms with Crippen molar-refractivity contribution in [3.05, 3.63) is 35.6 Å². The van der Waals surface area contributed by atoms with Gasteiger partial charge in [0.15, 0.2) is 0 Å². The number of hydrogen-bond acceptors (Lipinski definition) is 3. The molecule has 0 bridgehead atoms. The Morgan fingerprint density at radius 3 is 2.53 bits per heavy atom. The Morgan fingerprint density at radius 2 is 2.06 bits per heavy atom. The number of carboxylic acids is 1. The molecule has 0 aliphatic heterocycles. The van der Waals surface area contributed by atoms with Crippen molar-refractivity contribution >= 4 is 5.97 Å². The lowest BCUT2D eigenvalue weighted by Gasteiger charge is -2.26. The molecule has 2 N–H and O–H groups in total. The second-order valence-corrected chi connectivity index (χ2v) is 3.86. The van der Waals surface area contributed by atoms with E-state index in [0.29, 0.717) is 18.7 Å². The summed E-state index contributed by atoms with van der Waals surface area (Å²) in [6.45, 7) is 2.35. The van der Waals surface area contributed by atoms with Crippen molar-refractivity contribution in [3.8, 4) is 0 Å². The fraction of sp³-hybridized carbons (Fsp3) is 0.417. The van der Waals surface area contributed by atoms with Crippen LogP contribution in [0.4, 0.5) is 4.39 Å². The monoisotopic (exact) mass is 241 g/mol. The molecule has 0 amide bonds. The summed E-state index contributed by atoms with van der Waals surface area (Å²) >= 11 is 0. The van der Waals surface area contributed by atoms with Crippen molar-refractivity contribution in [3.63, 3.8) is 0 Å². The molecule has 94 valence electrons. The van der Waals surface area contributed by atoms with Gasteiger partial charge < -0.3 is 9.84 Å². The molecule has 0 radical (unpaired) electrons. The van der Waals surface area contributed by atoms with Crippen LogP contribution >= 0.6 is 0 Å². The molecule has 0 saturated carbocycles. The van der Waals surface area contributed by atoms with Gasteiger partial charge in [0, 0.05) is 13.7 Å². The van der Waals surface area contributed by atoms with Crippen LogP contribution in [0.15, 0.2) is 24.3 Å². The van der Waals surface area contributed by atoms with E-state index in [0.717, 1.165) is 0 Å². The van der Waals surface area contributed by atoms with Crippen molar-refractivity contribution < 1.29 is 19.0 Å². The predicted octanol–water partition coefficient (Wildman–Crippen LogP) is 1.36. The summed E-state index contributed by atoms with van der Waals surface area (Å²) < 4.78 is 17.7. The number of benzene rings is 1. The van der Waals surface area contributed by atoms with Gasteiger partial charge in [-0.1, -0.05) is 12.1 Å². The first-order chi connectivity index (χ1) is 8.00. The number of halogens is 1. The zero-order chi connectivity index (χ0) is 12.9. The lowest BCUT2D eigenvalue weighted by molar-refractivity contribution is -0.144. The lowest BCUT2D eigenvalue weighted by Crippen LogP contribution is -2.47. The van der Waals surface area contributed by atoms with Crippen molar-refractivity contribution in [1.29, 1.82) is 0 Å². The van der Waals surface area contributed by atoms with Crippen LogP contribution in [0, 0.1) is 5.82 Å². The van der Waals surface area contributed by atoms with Gasteiger partial charge in [0.1, 0.15) is 11.4 Å². The first-order valence-corrected chi connectivity index (χ1v) is 5.24. The Hall–Kier alpha value is -1.46. The summed E-state index contributed by atoms with van der Waals surface area (Å²) in [6.07, 6.45) is 0. The fourth-order valence-corrected chi connectivity index (χ4v) is 1.49. The van der Waals surface area contributed by atoms with Gasteiger partial charge in [0.2, 0.25) is 0 Å². The molecule has 1 aromatic carbocycles. The number of carbonyl (C=O) groups is 1. The third kappa shape index (κ3) is 3.25.